The molecule has 3 atom stereocenters. The van der Waals surface area contributed by atoms with Crippen molar-refractivity contribution in [2.24, 2.45) is 5.92 Å². The van der Waals surface area contributed by atoms with Crippen LogP contribution in [0.5, 0.6) is 5.75 Å². The molecular formula is C49H80N4O16. The summed E-state index contributed by atoms with van der Waals surface area (Å²) >= 11 is 0. The van der Waals surface area contributed by atoms with Gasteiger partial charge >= 0.3 is 17.9 Å². The van der Waals surface area contributed by atoms with Gasteiger partial charge in [0.1, 0.15) is 36.6 Å². The first-order valence-electron chi connectivity index (χ1n) is 24.5. The molecule has 0 heterocycles. The third-order valence-corrected chi connectivity index (χ3v) is 11.0. The van der Waals surface area contributed by atoms with Crippen molar-refractivity contribution in [3.63, 3.8) is 0 Å². The Morgan fingerprint density at radius 3 is 1.77 bits per heavy atom. The summed E-state index contributed by atoms with van der Waals surface area (Å²) < 4.78 is 27.1. The number of likely N-dealkylation sites (N-methyl/N-ethyl adjacent to an activating group) is 1. The molecule has 0 fully saturated rings. The molecule has 0 spiro atoms. The number of carboxylic acid groups (broad SMARTS) is 3. The highest BCUT2D eigenvalue weighted by molar-refractivity contribution is 5.88. The predicted molar refractivity (Wildman–Crippen MR) is 255 cm³/mol. The van der Waals surface area contributed by atoms with Crippen LogP contribution in [0.1, 0.15) is 139 Å². The Bertz CT molecular complexity index is 1630. The molecule has 392 valence electrons. The van der Waals surface area contributed by atoms with E-state index in [1.54, 1.807) is 19.2 Å². The summed E-state index contributed by atoms with van der Waals surface area (Å²) in [4.78, 5) is 95.3. The van der Waals surface area contributed by atoms with Crippen LogP contribution in [-0.4, -0.2) is 154 Å². The fraction of sp³-hybridized carbons (Fsp3) is 0.714. The standard InChI is InChI=1S/C49H80N4O16/c1-3-14-41(50-2)43(55)24-20-37(47(59)60)15-10-11-26-51-44(56)25-23-42(49(63)64)53-46(58)36-68-34-32-66-30-27-52-45(57)35-67-33-31-65-28-13-17-39(54)16-9-7-5-4-6-8-12-29-69-40-21-18-38(19-22-40)48(61)62/h18-19,21-22,37,41-42,50H,3-17,20,23-36H2,1-2H3,(H,51,56)(H,52,57)(H,53,58)(H,59,60)(H,61,62)(H,63,64)/t37-,41+,42+/m1/s1. The number of carboxylic acids is 3. The minimum Gasteiger partial charge on any atom is -0.494 e. The van der Waals surface area contributed by atoms with Gasteiger partial charge in [-0.2, -0.15) is 0 Å². The van der Waals surface area contributed by atoms with Crippen LogP contribution >= 0.6 is 0 Å². The molecule has 0 bridgehead atoms. The van der Waals surface area contributed by atoms with Crippen molar-refractivity contribution in [3.05, 3.63) is 29.8 Å². The number of ether oxygens (including phenoxy) is 5. The number of unbranched alkanes of at least 4 members (excludes halogenated alkanes) is 7. The SMILES string of the molecule is CCC[C@H](NC)C(=O)CC[C@@H](CCCCNC(=O)CC[C@H](NC(=O)COCCOCCNC(=O)COCCOCCCC(=O)CCCCCCCCCOc1ccc(C(=O)O)cc1)C(=O)O)C(=O)O. The molecule has 69 heavy (non-hydrogen) atoms. The van der Waals surface area contributed by atoms with Gasteiger partial charge in [0.25, 0.3) is 0 Å². The maximum absolute atomic E-state index is 12.4. The molecule has 0 radical (unpaired) electrons. The van der Waals surface area contributed by atoms with Gasteiger partial charge in [-0.05, 0) is 82.7 Å². The lowest BCUT2D eigenvalue weighted by Gasteiger charge is -2.16. The van der Waals surface area contributed by atoms with Gasteiger partial charge in [-0.15, -0.1) is 0 Å². The van der Waals surface area contributed by atoms with E-state index < -0.39 is 48.3 Å². The smallest absolute Gasteiger partial charge is 0.335 e. The van der Waals surface area contributed by atoms with Crippen molar-refractivity contribution < 1.29 is 77.4 Å². The molecule has 0 unspecified atom stereocenters. The molecule has 0 aromatic heterocycles. The second-order valence-electron chi connectivity index (χ2n) is 16.7. The second-order valence-corrected chi connectivity index (χ2v) is 16.7. The summed E-state index contributed by atoms with van der Waals surface area (Å²) in [5.74, 6) is -4.40. The Morgan fingerprint density at radius 1 is 0.522 bits per heavy atom. The Labute approximate surface area is 407 Å². The molecule has 1 rings (SSSR count). The van der Waals surface area contributed by atoms with Crippen LogP contribution in [0.2, 0.25) is 0 Å². The minimum absolute atomic E-state index is 0.000833. The number of carbonyl (C=O) groups is 8. The van der Waals surface area contributed by atoms with E-state index in [-0.39, 0.29) is 101 Å². The minimum atomic E-state index is -1.31. The molecule has 20 nitrogen and oxygen atoms in total. The average molecular weight is 981 g/mol. The fourth-order valence-corrected chi connectivity index (χ4v) is 7.01. The lowest BCUT2D eigenvalue weighted by molar-refractivity contribution is -0.143. The lowest BCUT2D eigenvalue weighted by Crippen LogP contribution is -2.43. The van der Waals surface area contributed by atoms with E-state index >= 15 is 0 Å². The highest BCUT2D eigenvalue weighted by atomic mass is 16.5. The maximum Gasteiger partial charge on any atom is 0.335 e. The van der Waals surface area contributed by atoms with E-state index in [2.05, 4.69) is 21.3 Å². The Hall–Kier alpha value is -5.02. The number of benzene rings is 1. The highest BCUT2D eigenvalue weighted by Crippen LogP contribution is 2.18. The number of aliphatic carboxylic acids is 2. The summed E-state index contributed by atoms with van der Waals surface area (Å²) in [7, 11) is 1.71. The molecule has 1 aromatic carbocycles. The number of aromatic carboxylic acids is 1. The Kier molecular flexibility index (Phi) is 36.7. The van der Waals surface area contributed by atoms with Crippen LogP contribution in [0.25, 0.3) is 0 Å². The predicted octanol–water partition coefficient (Wildman–Crippen LogP) is 4.49. The quantitative estimate of drug-likeness (QED) is 0.0443. The number of amides is 3. The van der Waals surface area contributed by atoms with Crippen LogP contribution in [0, 0.1) is 5.92 Å². The first-order valence-corrected chi connectivity index (χ1v) is 24.5. The number of ketones is 2. The molecule has 1 aromatic rings. The third-order valence-electron chi connectivity index (χ3n) is 11.0. The average Bonchev–Trinajstić information content (AvgIpc) is 3.32. The van der Waals surface area contributed by atoms with Crippen molar-refractivity contribution in [2.45, 2.75) is 141 Å². The Morgan fingerprint density at radius 2 is 1.13 bits per heavy atom. The normalized spacial score (nSPS) is 12.4. The second kappa shape index (κ2) is 40.8. The van der Waals surface area contributed by atoms with Crippen LogP contribution in [0.15, 0.2) is 24.3 Å². The van der Waals surface area contributed by atoms with E-state index in [0.29, 0.717) is 70.5 Å². The lowest BCUT2D eigenvalue weighted by atomic mass is 9.93. The van der Waals surface area contributed by atoms with Gasteiger partial charge in [-0.25, -0.2) is 9.59 Å². The zero-order chi connectivity index (χ0) is 50.9. The number of Topliss-reactive ketones (excluding diaryl/α,β-unsaturated/α-hetero) is 2. The van der Waals surface area contributed by atoms with E-state index in [0.717, 1.165) is 51.4 Å². The molecule has 3 amide bonds. The first kappa shape index (κ1) is 62.0. The summed E-state index contributed by atoms with van der Waals surface area (Å²) in [5.41, 5.74) is 0.235. The number of hydrogen-bond donors (Lipinski definition) is 7. The molecule has 0 aliphatic rings. The molecule has 7 N–H and O–H groups in total. The molecule has 0 saturated carbocycles. The van der Waals surface area contributed by atoms with Crippen molar-refractivity contribution in [1.29, 1.82) is 0 Å². The van der Waals surface area contributed by atoms with Gasteiger partial charge in [0, 0.05) is 45.4 Å². The van der Waals surface area contributed by atoms with Gasteiger partial charge in [0.2, 0.25) is 17.7 Å². The van der Waals surface area contributed by atoms with Crippen LogP contribution in [0.4, 0.5) is 0 Å². The highest BCUT2D eigenvalue weighted by Gasteiger charge is 2.23. The number of hydrogen-bond acceptors (Lipinski definition) is 14. The largest absolute Gasteiger partial charge is 0.494 e. The number of carbonyl (C=O) groups excluding carboxylic acids is 5. The maximum atomic E-state index is 12.4. The van der Waals surface area contributed by atoms with Crippen molar-refractivity contribution in [2.75, 3.05) is 79.6 Å². The molecule has 20 heteroatoms. The topological polar surface area (TPSA) is 292 Å². The third kappa shape index (κ3) is 34.0. The summed E-state index contributed by atoms with van der Waals surface area (Å²) in [6.07, 6.45) is 11.9. The zero-order valence-electron chi connectivity index (χ0n) is 40.9. The van der Waals surface area contributed by atoms with Crippen LogP contribution in [-0.2, 0) is 52.5 Å². The van der Waals surface area contributed by atoms with Crippen molar-refractivity contribution >= 4 is 47.2 Å². The Balaban J connectivity index is 1.96. The first-order chi connectivity index (χ1) is 33.3. The summed E-state index contributed by atoms with van der Waals surface area (Å²) in [6, 6.07) is 4.81. The van der Waals surface area contributed by atoms with Gasteiger partial charge in [-0.3, -0.25) is 28.8 Å². The van der Waals surface area contributed by atoms with Gasteiger partial charge < -0.3 is 60.3 Å². The molecule has 0 aliphatic heterocycles. The summed E-state index contributed by atoms with van der Waals surface area (Å²) in [5, 5.41) is 38.7. The van der Waals surface area contributed by atoms with Crippen molar-refractivity contribution in [1.82, 2.24) is 21.3 Å². The van der Waals surface area contributed by atoms with E-state index in [9.17, 15) is 48.6 Å². The van der Waals surface area contributed by atoms with Crippen molar-refractivity contribution in [3.8, 4) is 5.75 Å². The van der Waals surface area contributed by atoms with Crippen LogP contribution in [0.3, 0.4) is 0 Å². The molecular weight excluding hydrogens is 901 g/mol. The molecule has 0 saturated heterocycles. The fourth-order valence-electron chi connectivity index (χ4n) is 7.01. The zero-order valence-corrected chi connectivity index (χ0v) is 40.9. The number of nitrogens with one attached hydrogen (secondary N) is 4. The van der Waals surface area contributed by atoms with Gasteiger partial charge in [0.05, 0.1) is 57.2 Å². The monoisotopic (exact) mass is 981 g/mol. The van der Waals surface area contributed by atoms with E-state index in [4.69, 9.17) is 28.8 Å². The molecule has 0 aliphatic carbocycles. The van der Waals surface area contributed by atoms with E-state index in [1.807, 2.05) is 6.92 Å². The van der Waals surface area contributed by atoms with Gasteiger partial charge in [0.15, 0.2) is 0 Å². The van der Waals surface area contributed by atoms with E-state index in [1.165, 1.54) is 12.1 Å². The van der Waals surface area contributed by atoms with Crippen LogP contribution < -0.4 is 26.0 Å². The van der Waals surface area contributed by atoms with Gasteiger partial charge in [-0.1, -0.05) is 51.9 Å². The number of rotatable bonds is 47. The summed E-state index contributed by atoms with van der Waals surface area (Å²) in [6.45, 7) is 3.80.